The third-order valence-electron chi connectivity index (χ3n) is 4.23. The number of hydrogen-bond donors (Lipinski definition) is 1. The summed E-state index contributed by atoms with van der Waals surface area (Å²) in [6.07, 6.45) is 4.23. The molecular weight excluding hydrogens is 304 g/mol. The third kappa shape index (κ3) is 2.59. The molecule has 1 aromatic heterocycles. The summed E-state index contributed by atoms with van der Waals surface area (Å²) >= 11 is 3.49. The van der Waals surface area contributed by atoms with Gasteiger partial charge in [0.15, 0.2) is 0 Å². The highest BCUT2D eigenvalue weighted by molar-refractivity contribution is 9.10. The highest BCUT2D eigenvalue weighted by Gasteiger charge is 2.28. The summed E-state index contributed by atoms with van der Waals surface area (Å²) in [6, 6.07) is 7.94. The zero-order chi connectivity index (χ0) is 13.4. The van der Waals surface area contributed by atoms with Gasteiger partial charge in [-0.15, -0.1) is 0 Å². The molecule has 3 atom stereocenters. The Kier molecular flexibility index (Phi) is 3.68. The van der Waals surface area contributed by atoms with Crippen LogP contribution in [0.25, 0.3) is 11.0 Å². The van der Waals surface area contributed by atoms with Crippen molar-refractivity contribution in [1.29, 1.82) is 0 Å². The van der Waals surface area contributed by atoms with Crippen molar-refractivity contribution in [2.45, 2.75) is 38.7 Å². The van der Waals surface area contributed by atoms with E-state index in [0.717, 1.165) is 28.3 Å². The third-order valence-corrected chi connectivity index (χ3v) is 4.85. The maximum atomic E-state index is 10.5. The Labute approximate surface area is 121 Å². The van der Waals surface area contributed by atoms with Gasteiger partial charge in [0.05, 0.1) is 4.47 Å². The molecule has 1 aliphatic carbocycles. The van der Waals surface area contributed by atoms with Crippen LogP contribution in [0.2, 0.25) is 0 Å². The molecule has 3 rings (SSSR count). The Morgan fingerprint density at radius 3 is 2.95 bits per heavy atom. The lowest BCUT2D eigenvalue weighted by Gasteiger charge is -2.29. The van der Waals surface area contributed by atoms with Crippen LogP contribution in [0.4, 0.5) is 0 Å². The van der Waals surface area contributed by atoms with E-state index in [1.807, 2.05) is 24.3 Å². The van der Waals surface area contributed by atoms with E-state index < -0.39 is 6.10 Å². The number of fused-ring (bicyclic) bond motifs is 1. The van der Waals surface area contributed by atoms with Gasteiger partial charge in [0.1, 0.15) is 17.4 Å². The summed E-state index contributed by atoms with van der Waals surface area (Å²) in [5, 5.41) is 11.6. The molecule has 0 amide bonds. The van der Waals surface area contributed by atoms with Crippen LogP contribution in [0, 0.1) is 11.8 Å². The first-order valence-corrected chi connectivity index (χ1v) is 7.80. The first-order valence-electron chi connectivity index (χ1n) is 7.01. The molecular formula is C16H19BrO2. The maximum absolute atomic E-state index is 10.5. The Hall–Kier alpha value is -0.800. The van der Waals surface area contributed by atoms with Crippen molar-refractivity contribution in [2.24, 2.45) is 11.8 Å². The van der Waals surface area contributed by atoms with Crippen LogP contribution in [0.15, 0.2) is 33.2 Å². The second-order valence-corrected chi connectivity index (χ2v) is 6.64. The average molecular weight is 323 g/mol. The first-order chi connectivity index (χ1) is 9.15. The number of aliphatic hydroxyl groups is 1. The quantitative estimate of drug-likeness (QED) is 0.838. The van der Waals surface area contributed by atoms with Gasteiger partial charge >= 0.3 is 0 Å². The zero-order valence-corrected chi connectivity index (χ0v) is 12.7. The summed E-state index contributed by atoms with van der Waals surface area (Å²) < 4.78 is 6.80. The normalized spacial score (nSPS) is 25.6. The summed E-state index contributed by atoms with van der Waals surface area (Å²) in [6.45, 7) is 2.27. The second kappa shape index (κ2) is 5.29. The number of halogens is 1. The minimum atomic E-state index is -0.470. The molecule has 0 bridgehead atoms. The molecule has 0 aliphatic heterocycles. The van der Waals surface area contributed by atoms with E-state index in [1.54, 1.807) is 0 Å². The Bertz CT molecular complexity index is 575. The van der Waals surface area contributed by atoms with Gasteiger partial charge in [0.25, 0.3) is 0 Å². The van der Waals surface area contributed by atoms with Gasteiger partial charge in [0, 0.05) is 5.39 Å². The van der Waals surface area contributed by atoms with Crippen molar-refractivity contribution in [3.8, 4) is 0 Å². The number of para-hydroxylation sites is 1. The predicted octanol–water partition coefficient (Wildman–Crippen LogP) is 5.06. The second-order valence-electron chi connectivity index (χ2n) is 5.78. The van der Waals surface area contributed by atoms with E-state index in [9.17, 15) is 5.11 Å². The first kappa shape index (κ1) is 13.2. The van der Waals surface area contributed by atoms with E-state index in [2.05, 4.69) is 22.9 Å². The highest BCUT2D eigenvalue weighted by Crippen LogP contribution is 2.39. The molecule has 19 heavy (non-hydrogen) atoms. The van der Waals surface area contributed by atoms with Crippen molar-refractivity contribution in [2.75, 3.05) is 0 Å². The lowest BCUT2D eigenvalue weighted by molar-refractivity contribution is 0.0550. The van der Waals surface area contributed by atoms with Gasteiger partial charge in [0.2, 0.25) is 0 Å². The number of benzene rings is 1. The van der Waals surface area contributed by atoms with E-state index >= 15 is 0 Å². The Balaban J connectivity index is 1.88. The Morgan fingerprint density at radius 2 is 2.21 bits per heavy atom. The lowest BCUT2D eigenvalue weighted by atomic mass is 9.79. The minimum Gasteiger partial charge on any atom is -0.457 e. The average Bonchev–Trinajstić information content (AvgIpc) is 2.83. The van der Waals surface area contributed by atoms with Crippen molar-refractivity contribution in [3.05, 3.63) is 34.5 Å². The molecule has 3 heteroatoms. The zero-order valence-electron chi connectivity index (χ0n) is 11.1. The molecule has 1 fully saturated rings. The van der Waals surface area contributed by atoms with Gasteiger partial charge in [-0.3, -0.25) is 0 Å². The van der Waals surface area contributed by atoms with E-state index in [4.69, 9.17) is 4.42 Å². The Morgan fingerprint density at radius 1 is 1.37 bits per heavy atom. The van der Waals surface area contributed by atoms with E-state index in [0.29, 0.717) is 17.6 Å². The molecule has 0 spiro atoms. The van der Waals surface area contributed by atoms with Crippen molar-refractivity contribution < 1.29 is 9.52 Å². The molecule has 2 aromatic rings. The maximum Gasteiger partial charge on any atom is 0.148 e. The van der Waals surface area contributed by atoms with Crippen LogP contribution < -0.4 is 0 Å². The number of furan rings is 1. The topological polar surface area (TPSA) is 33.4 Å². The predicted molar refractivity (Wildman–Crippen MR) is 80.0 cm³/mol. The molecule has 102 valence electrons. The van der Waals surface area contributed by atoms with Gasteiger partial charge in [-0.05, 0) is 52.7 Å². The molecule has 1 aromatic carbocycles. The van der Waals surface area contributed by atoms with Gasteiger partial charge < -0.3 is 9.52 Å². The number of aliphatic hydroxyl groups excluding tert-OH is 1. The van der Waals surface area contributed by atoms with Crippen molar-refractivity contribution in [1.82, 2.24) is 0 Å². The molecule has 0 saturated heterocycles. The van der Waals surface area contributed by atoms with E-state index in [1.165, 1.54) is 12.8 Å². The fraction of sp³-hybridized carbons (Fsp3) is 0.500. The van der Waals surface area contributed by atoms with Crippen LogP contribution in [-0.4, -0.2) is 5.11 Å². The number of rotatable bonds is 2. The van der Waals surface area contributed by atoms with Crippen molar-refractivity contribution in [3.63, 3.8) is 0 Å². The van der Waals surface area contributed by atoms with Crippen LogP contribution in [0.3, 0.4) is 0 Å². The fourth-order valence-electron chi connectivity index (χ4n) is 3.19. The molecule has 1 N–H and O–H groups in total. The minimum absolute atomic E-state index is 0.336. The smallest absolute Gasteiger partial charge is 0.148 e. The van der Waals surface area contributed by atoms with Crippen LogP contribution >= 0.6 is 15.9 Å². The van der Waals surface area contributed by atoms with Gasteiger partial charge in [-0.1, -0.05) is 31.9 Å². The summed E-state index contributed by atoms with van der Waals surface area (Å²) in [4.78, 5) is 0. The monoisotopic (exact) mass is 322 g/mol. The molecule has 1 saturated carbocycles. The molecule has 2 nitrogen and oxygen atoms in total. The SMILES string of the molecule is CC1CCCC(C(O)c2cc3cccc(Br)c3o2)C1. The van der Waals surface area contributed by atoms with Crippen LogP contribution in [0.5, 0.6) is 0 Å². The highest BCUT2D eigenvalue weighted by atomic mass is 79.9. The van der Waals surface area contributed by atoms with Crippen LogP contribution in [0.1, 0.15) is 44.5 Å². The molecule has 1 aliphatic rings. The largest absolute Gasteiger partial charge is 0.457 e. The molecule has 0 radical (unpaired) electrons. The summed E-state index contributed by atoms with van der Waals surface area (Å²) in [7, 11) is 0. The molecule has 3 unspecified atom stereocenters. The standard InChI is InChI=1S/C16H19BrO2/c1-10-4-2-5-11(8-10)15(18)14-9-12-6-3-7-13(17)16(12)19-14/h3,6-7,9-11,15,18H,2,4-5,8H2,1H3. The van der Waals surface area contributed by atoms with Gasteiger partial charge in [-0.2, -0.15) is 0 Å². The van der Waals surface area contributed by atoms with Gasteiger partial charge in [-0.25, -0.2) is 0 Å². The fourth-order valence-corrected chi connectivity index (χ4v) is 3.66. The molecule has 1 heterocycles. The number of hydrogen-bond acceptors (Lipinski definition) is 2. The van der Waals surface area contributed by atoms with Crippen LogP contribution in [-0.2, 0) is 0 Å². The summed E-state index contributed by atoms with van der Waals surface area (Å²) in [5.74, 6) is 1.76. The summed E-state index contributed by atoms with van der Waals surface area (Å²) in [5.41, 5.74) is 0.834. The van der Waals surface area contributed by atoms with Crippen molar-refractivity contribution >= 4 is 26.9 Å². The van der Waals surface area contributed by atoms with E-state index in [-0.39, 0.29) is 0 Å². The lowest BCUT2D eigenvalue weighted by Crippen LogP contribution is -2.19.